The van der Waals surface area contributed by atoms with Gasteiger partial charge >= 0.3 is 0 Å². The van der Waals surface area contributed by atoms with Crippen LogP contribution in [-0.2, 0) is 4.79 Å². The lowest BCUT2D eigenvalue weighted by Gasteiger charge is -2.16. The van der Waals surface area contributed by atoms with Gasteiger partial charge in [-0.2, -0.15) is 0 Å². The Labute approximate surface area is 70.1 Å². The Morgan fingerprint density at radius 3 is 2.67 bits per heavy atom. The average molecular weight is 160 g/mol. The summed E-state index contributed by atoms with van der Waals surface area (Å²) < 4.78 is 0. The van der Waals surface area contributed by atoms with Gasteiger partial charge in [0.1, 0.15) is 0 Å². The molecule has 0 aliphatic carbocycles. The summed E-state index contributed by atoms with van der Waals surface area (Å²) in [6.07, 6.45) is 2.43. The maximum Gasteiger partial charge on any atom is 0.167 e. The molecule has 0 fully saturated rings. The first-order valence-corrected chi connectivity index (χ1v) is 3.68. The van der Waals surface area contributed by atoms with Crippen LogP contribution in [0.5, 0.6) is 0 Å². The predicted molar refractivity (Wildman–Crippen MR) is 47.8 cm³/mol. The summed E-state index contributed by atoms with van der Waals surface area (Å²) in [6.45, 7) is 0. The molecule has 0 bridgehead atoms. The SMILES string of the molecule is O=CC1=CNc2ccccc2N1. The fourth-order valence-corrected chi connectivity index (χ4v) is 1.13. The molecule has 3 heteroatoms. The van der Waals surface area contributed by atoms with E-state index in [0.717, 1.165) is 17.7 Å². The van der Waals surface area contributed by atoms with Crippen molar-refractivity contribution in [1.29, 1.82) is 0 Å². The number of carbonyl (C=O) groups is 1. The van der Waals surface area contributed by atoms with Crippen LogP contribution in [-0.4, -0.2) is 6.29 Å². The third-order valence-corrected chi connectivity index (χ3v) is 1.72. The zero-order chi connectivity index (χ0) is 8.39. The van der Waals surface area contributed by atoms with Crippen molar-refractivity contribution in [2.45, 2.75) is 0 Å². The van der Waals surface area contributed by atoms with Gasteiger partial charge in [0.25, 0.3) is 0 Å². The van der Waals surface area contributed by atoms with Gasteiger partial charge < -0.3 is 10.6 Å². The molecule has 0 amide bonds. The number of carbonyl (C=O) groups excluding carboxylic acids is 1. The predicted octanol–water partition coefficient (Wildman–Crippen LogP) is 1.56. The van der Waals surface area contributed by atoms with Crippen LogP contribution in [0.15, 0.2) is 36.2 Å². The summed E-state index contributed by atoms with van der Waals surface area (Å²) in [6, 6.07) is 7.72. The van der Waals surface area contributed by atoms with E-state index >= 15 is 0 Å². The third kappa shape index (κ3) is 1.05. The maximum atomic E-state index is 10.4. The van der Waals surface area contributed by atoms with Gasteiger partial charge in [-0.3, -0.25) is 4.79 Å². The number of allylic oxidation sites excluding steroid dienone is 1. The molecule has 1 aromatic rings. The van der Waals surface area contributed by atoms with E-state index < -0.39 is 0 Å². The van der Waals surface area contributed by atoms with Crippen molar-refractivity contribution >= 4 is 17.7 Å². The Hall–Kier alpha value is -1.77. The zero-order valence-electron chi connectivity index (χ0n) is 6.37. The maximum absolute atomic E-state index is 10.4. The second-order valence-corrected chi connectivity index (χ2v) is 2.53. The molecule has 1 aromatic carbocycles. The van der Waals surface area contributed by atoms with E-state index in [2.05, 4.69) is 10.6 Å². The lowest BCUT2D eigenvalue weighted by molar-refractivity contribution is -0.104. The molecule has 2 rings (SSSR count). The quantitative estimate of drug-likeness (QED) is 0.612. The first-order chi connectivity index (χ1) is 5.90. The molecular formula is C9H8N2O. The van der Waals surface area contributed by atoms with Crippen LogP contribution < -0.4 is 10.6 Å². The minimum atomic E-state index is 0.550. The molecule has 1 aliphatic heterocycles. The topological polar surface area (TPSA) is 41.1 Å². The Morgan fingerprint density at radius 2 is 1.92 bits per heavy atom. The molecule has 0 saturated heterocycles. The number of anilines is 2. The van der Waals surface area contributed by atoms with Crippen molar-refractivity contribution in [1.82, 2.24) is 0 Å². The third-order valence-electron chi connectivity index (χ3n) is 1.72. The molecule has 0 atom stereocenters. The molecule has 0 unspecified atom stereocenters. The van der Waals surface area contributed by atoms with Gasteiger partial charge in [0.05, 0.1) is 17.1 Å². The van der Waals surface area contributed by atoms with Crippen LogP contribution in [0.4, 0.5) is 11.4 Å². The van der Waals surface area contributed by atoms with Crippen molar-refractivity contribution < 1.29 is 4.79 Å². The lowest BCUT2D eigenvalue weighted by Crippen LogP contribution is -2.10. The second kappa shape index (κ2) is 2.70. The number of aldehydes is 1. The zero-order valence-corrected chi connectivity index (χ0v) is 6.37. The lowest BCUT2D eigenvalue weighted by atomic mass is 10.2. The van der Waals surface area contributed by atoms with Crippen LogP contribution in [0.2, 0.25) is 0 Å². The fourth-order valence-electron chi connectivity index (χ4n) is 1.13. The average Bonchev–Trinajstić information content (AvgIpc) is 2.17. The van der Waals surface area contributed by atoms with Gasteiger partial charge in [0.15, 0.2) is 6.29 Å². The van der Waals surface area contributed by atoms with Crippen LogP contribution >= 0.6 is 0 Å². The van der Waals surface area contributed by atoms with E-state index in [9.17, 15) is 4.79 Å². The molecule has 0 radical (unpaired) electrons. The largest absolute Gasteiger partial charge is 0.358 e. The number of hydrogen-bond acceptors (Lipinski definition) is 3. The normalized spacial score (nSPS) is 13.5. The van der Waals surface area contributed by atoms with E-state index in [1.807, 2.05) is 24.3 Å². The molecule has 1 aliphatic rings. The minimum Gasteiger partial charge on any atom is -0.358 e. The molecule has 3 nitrogen and oxygen atoms in total. The number of para-hydroxylation sites is 2. The number of nitrogens with one attached hydrogen (secondary N) is 2. The summed E-state index contributed by atoms with van der Waals surface area (Å²) in [5, 5.41) is 5.98. The van der Waals surface area contributed by atoms with Gasteiger partial charge in [-0.1, -0.05) is 12.1 Å². The van der Waals surface area contributed by atoms with Crippen LogP contribution in [0.25, 0.3) is 0 Å². The Kier molecular flexibility index (Phi) is 1.55. The monoisotopic (exact) mass is 160 g/mol. The van der Waals surface area contributed by atoms with Gasteiger partial charge in [-0.25, -0.2) is 0 Å². The Bertz CT molecular complexity index is 344. The van der Waals surface area contributed by atoms with Crippen molar-refractivity contribution in [2.24, 2.45) is 0 Å². The Morgan fingerprint density at radius 1 is 1.17 bits per heavy atom. The van der Waals surface area contributed by atoms with Crippen molar-refractivity contribution in [3.8, 4) is 0 Å². The van der Waals surface area contributed by atoms with Crippen molar-refractivity contribution in [3.63, 3.8) is 0 Å². The summed E-state index contributed by atoms with van der Waals surface area (Å²) in [7, 11) is 0. The number of hydrogen-bond donors (Lipinski definition) is 2. The van der Waals surface area contributed by atoms with Gasteiger partial charge in [0, 0.05) is 6.20 Å². The molecule has 0 aromatic heterocycles. The van der Waals surface area contributed by atoms with E-state index in [1.165, 1.54) is 0 Å². The van der Waals surface area contributed by atoms with E-state index in [0.29, 0.717) is 5.70 Å². The van der Waals surface area contributed by atoms with Gasteiger partial charge in [-0.15, -0.1) is 0 Å². The minimum absolute atomic E-state index is 0.550. The van der Waals surface area contributed by atoms with Crippen LogP contribution in [0.1, 0.15) is 0 Å². The smallest absolute Gasteiger partial charge is 0.167 e. The molecule has 0 saturated carbocycles. The first kappa shape index (κ1) is 6.91. The highest BCUT2D eigenvalue weighted by Crippen LogP contribution is 2.25. The molecule has 0 spiro atoms. The summed E-state index contributed by atoms with van der Waals surface area (Å²) in [5.41, 5.74) is 2.47. The fraction of sp³-hybridized carbons (Fsp3) is 0. The number of rotatable bonds is 1. The number of fused-ring (bicyclic) bond motifs is 1. The highest BCUT2D eigenvalue weighted by atomic mass is 16.1. The summed E-state index contributed by atoms with van der Waals surface area (Å²) in [4.78, 5) is 10.4. The van der Waals surface area contributed by atoms with E-state index in [-0.39, 0.29) is 0 Å². The number of benzene rings is 1. The first-order valence-electron chi connectivity index (χ1n) is 3.68. The van der Waals surface area contributed by atoms with E-state index in [4.69, 9.17) is 0 Å². The summed E-state index contributed by atoms with van der Waals surface area (Å²) >= 11 is 0. The molecule has 2 N–H and O–H groups in total. The second-order valence-electron chi connectivity index (χ2n) is 2.53. The van der Waals surface area contributed by atoms with Crippen molar-refractivity contribution in [2.75, 3.05) is 10.6 Å². The Balaban J connectivity index is 2.36. The highest BCUT2D eigenvalue weighted by Gasteiger charge is 2.06. The van der Waals surface area contributed by atoms with Gasteiger partial charge in [0.2, 0.25) is 0 Å². The van der Waals surface area contributed by atoms with Crippen LogP contribution in [0, 0.1) is 0 Å². The van der Waals surface area contributed by atoms with Gasteiger partial charge in [-0.05, 0) is 12.1 Å². The van der Waals surface area contributed by atoms with Crippen LogP contribution in [0.3, 0.4) is 0 Å². The molecule has 60 valence electrons. The standard InChI is InChI=1S/C9H8N2O/c12-6-7-5-10-8-3-1-2-4-9(8)11-7/h1-6,10-11H. The van der Waals surface area contributed by atoms with Crippen molar-refractivity contribution in [3.05, 3.63) is 36.2 Å². The molecule has 1 heterocycles. The highest BCUT2D eigenvalue weighted by molar-refractivity contribution is 5.86. The molecule has 12 heavy (non-hydrogen) atoms. The van der Waals surface area contributed by atoms with E-state index in [1.54, 1.807) is 6.20 Å². The molecular weight excluding hydrogens is 152 g/mol. The summed E-state index contributed by atoms with van der Waals surface area (Å²) in [5.74, 6) is 0.